The molecule has 4 aromatic rings. The zero-order chi connectivity index (χ0) is 25.9. The molecule has 2 aromatic heterocycles. The lowest BCUT2D eigenvalue weighted by atomic mass is 10.0. The monoisotopic (exact) mass is 544 g/mol. The Bertz CT molecular complexity index is 1610. The topological polar surface area (TPSA) is 130 Å². The van der Waals surface area contributed by atoms with E-state index in [0.717, 1.165) is 6.07 Å². The average molecular weight is 545 g/mol. The number of benzene rings is 2. The zero-order valence-electron chi connectivity index (χ0n) is 19.5. The number of imidazole rings is 1. The molecule has 2 aromatic carbocycles. The van der Waals surface area contributed by atoms with Crippen LogP contribution in [0.15, 0.2) is 53.4 Å². The molecule has 9 nitrogen and oxygen atoms in total. The number of nitrogens with one attached hydrogen (secondary N) is 2. The minimum atomic E-state index is -3.00. The molecule has 12 heteroatoms. The molecule has 0 amide bonds. The maximum Gasteiger partial charge on any atom is 0.296 e. The van der Waals surface area contributed by atoms with Crippen molar-refractivity contribution in [3.05, 3.63) is 59.4 Å². The summed E-state index contributed by atoms with van der Waals surface area (Å²) in [6.07, 6.45) is -0.602. The van der Waals surface area contributed by atoms with Crippen molar-refractivity contribution in [1.82, 2.24) is 15.0 Å². The summed E-state index contributed by atoms with van der Waals surface area (Å²) in [7, 11) is -3.00. The van der Waals surface area contributed by atoms with Crippen molar-refractivity contribution in [3.8, 4) is 28.4 Å². The first kappa shape index (κ1) is 24.3. The number of hydrogen-bond acceptors (Lipinski definition) is 8. The number of ether oxygens (including phenoxy) is 3. The lowest BCUT2D eigenvalue weighted by Crippen LogP contribution is -2.34. The van der Waals surface area contributed by atoms with Crippen molar-refractivity contribution in [2.75, 3.05) is 19.5 Å². The van der Waals surface area contributed by atoms with Crippen LogP contribution in [-0.2, 0) is 19.2 Å². The molecular weight excluding hydrogens is 523 g/mol. The fourth-order valence-corrected chi connectivity index (χ4v) is 5.54. The molecule has 192 valence electrons. The highest BCUT2D eigenvalue weighted by molar-refractivity contribution is 7.91. The third-order valence-electron chi connectivity index (χ3n) is 6.51. The number of aliphatic hydroxyl groups is 1. The van der Waals surface area contributed by atoms with Gasteiger partial charge in [0, 0.05) is 22.3 Å². The summed E-state index contributed by atoms with van der Waals surface area (Å²) in [5.74, 6) is -0.551. The van der Waals surface area contributed by atoms with Crippen LogP contribution < -0.4 is 4.74 Å². The second-order valence-electron chi connectivity index (χ2n) is 9.11. The van der Waals surface area contributed by atoms with Crippen molar-refractivity contribution in [2.45, 2.75) is 29.3 Å². The second kappa shape index (κ2) is 9.03. The highest BCUT2D eigenvalue weighted by atomic mass is 35.5. The van der Waals surface area contributed by atoms with Gasteiger partial charge in [0.05, 0.1) is 39.2 Å². The first-order chi connectivity index (χ1) is 17.7. The van der Waals surface area contributed by atoms with Gasteiger partial charge in [-0.15, -0.1) is 0 Å². The Labute approximate surface area is 216 Å². The van der Waals surface area contributed by atoms with Gasteiger partial charge in [-0.3, -0.25) is 0 Å². The van der Waals surface area contributed by atoms with Crippen molar-refractivity contribution >= 4 is 32.5 Å². The summed E-state index contributed by atoms with van der Waals surface area (Å²) in [5.41, 5.74) is 3.15. The molecule has 0 bridgehead atoms. The third-order valence-corrected chi connectivity index (χ3v) is 7.95. The van der Waals surface area contributed by atoms with Crippen LogP contribution in [0.1, 0.15) is 0 Å². The summed E-state index contributed by atoms with van der Waals surface area (Å²) in [4.78, 5) is 12.2. The number of pyridine rings is 1. The van der Waals surface area contributed by atoms with Gasteiger partial charge < -0.3 is 24.3 Å². The maximum atomic E-state index is 14.7. The van der Waals surface area contributed by atoms with Crippen LogP contribution in [0.2, 0.25) is 5.02 Å². The molecule has 0 aliphatic carbocycles. The Kier molecular flexibility index (Phi) is 5.92. The largest absolute Gasteiger partial charge is 0.456 e. The molecule has 1 unspecified atom stereocenters. The number of nitrogens with zero attached hydrogens (tertiary/aromatic N) is 2. The van der Waals surface area contributed by atoms with Crippen LogP contribution in [0.25, 0.3) is 33.5 Å². The van der Waals surface area contributed by atoms with Crippen molar-refractivity contribution in [3.63, 3.8) is 0 Å². The van der Waals surface area contributed by atoms with Crippen LogP contribution in [0.5, 0.6) is 6.01 Å². The van der Waals surface area contributed by atoms with Gasteiger partial charge in [-0.05, 0) is 23.8 Å². The Morgan fingerprint density at radius 3 is 2.57 bits per heavy atom. The minimum absolute atomic E-state index is 0.144. The first-order valence-corrected chi connectivity index (χ1v) is 13.8. The average Bonchev–Trinajstić information content (AvgIpc) is 3.55. The van der Waals surface area contributed by atoms with Gasteiger partial charge in [-0.25, -0.2) is 18.4 Å². The van der Waals surface area contributed by atoms with Crippen LogP contribution in [0, 0.1) is 10.6 Å². The fraction of sp³-hybridized carbons (Fsp3) is 0.280. The highest BCUT2D eigenvalue weighted by Gasteiger charge is 2.48. The SMILES string of the molecule is CS(=N)(=O)c1ccc(-c2ccc(-c3nc4nc(O[C@@H]5CO[C@H]6[C@@H]5OC[C@H]6O)[nH]c4cc3Cl)cc2)c(F)c1. The van der Waals surface area contributed by atoms with E-state index in [-0.39, 0.29) is 30.2 Å². The molecule has 0 radical (unpaired) electrons. The molecule has 2 aliphatic rings. The number of rotatable bonds is 5. The Morgan fingerprint density at radius 1 is 1.11 bits per heavy atom. The fourth-order valence-electron chi connectivity index (χ4n) is 4.62. The molecule has 2 fully saturated rings. The standard InChI is InChI=1S/C25H22ClFN4O5S/c1-37(28,33)14-6-7-15(17(27)8-14)12-2-4-13(5-3-12)21-16(26)9-18-24(30-21)31-25(29-18)36-20-11-35-22-19(32)10-34-23(20)22/h2-9,19-20,22-23,28,32H,10-11H2,1H3,(H,29,30,31)/t19-,20-,22-,23-,37?/m1/s1. The summed E-state index contributed by atoms with van der Waals surface area (Å²) in [6.45, 7) is 0.483. The summed E-state index contributed by atoms with van der Waals surface area (Å²) >= 11 is 6.52. The van der Waals surface area contributed by atoms with Crippen LogP contribution in [-0.4, -0.2) is 68.2 Å². The lowest BCUT2D eigenvalue weighted by molar-refractivity contribution is 0.00706. The molecule has 2 aliphatic heterocycles. The third kappa shape index (κ3) is 4.47. The van der Waals surface area contributed by atoms with Gasteiger partial charge >= 0.3 is 0 Å². The van der Waals surface area contributed by atoms with E-state index in [9.17, 15) is 13.7 Å². The summed E-state index contributed by atoms with van der Waals surface area (Å²) in [6, 6.07) is 13.2. The quantitative estimate of drug-likeness (QED) is 0.346. The normalized spacial score (nSPS) is 24.8. The van der Waals surface area contributed by atoms with Crippen LogP contribution >= 0.6 is 11.6 Å². The molecule has 3 N–H and O–H groups in total. The molecule has 2 saturated heterocycles. The number of aromatic amines is 1. The molecule has 0 saturated carbocycles. The molecular formula is C25H22ClFN4O5S. The van der Waals surface area contributed by atoms with Gasteiger partial charge in [0.15, 0.2) is 11.8 Å². The Hall–Kier alpha value is -3.09. The Balaban J connectivity index is 1.25. The van der Waals surface area contributed by atoms with E-state index in [4.69, 9.17) is 30.6 Å². The molecule has 6 rings (SSSR count). The number of H-pyrrole nitrogens is 1. The van der Waals surface area contributed by atoms with Crippen molar-refractivity contribution < 1.29 is 27.9 Å². The van der Waals surface area contributed by atoms with E-state index >= 15 is 0 Å². The summed E-state index contributed by atoms with van der Waals surface area (Å²) < 4.78 is 51.3. The van der Waals surface area contributed by atoms with Gasteiger partial charge in [0.1, 0.15) is 24.1 Å². The second-order valence-corrected chi connectivity index (χ2v) is 11.7. The number of fused-ring (bicyclic) bond motifs is 2. The number of halogens is 2. The van der Waals surface area contributed by atoms with E-state index in [0.29, 0.717) is 38.6 Å². The Morgan fingerprint density at radius 2 is 1.84 bits per heavy atom. The number of aromatic nitrogens is 3. The maximum absolute atomic E-state index is 14.7. The van der Waals surface area contributed by atoms with Gasteiger partial charge in [-0.2, -0.15) is 4.98 Å². The highest BCUT2D eigenvalue weighted by Crippen LogP contribution is 2.33. The summed E-state index contributed by atoms with van der Waals surface area (Å²) in [5, 5.41) is 10.3. The molecule has 5 atom stereocenters. The van der Waals surface area contributed by atoms with E-state index in [1.165, 1.54) is 18.4 Å². The van der Waals surface area contributed by atoms with Gasteiger partial charge in [-0.1, -0.05) is 41.9 Å². The lowest BCUT2D eigenvalue weighted by Gasteiger charge is -2.15. The van der Waals surface area contributed by atoms with Gasteiger partial charge in [0.2, 0.25) is 0 Å². The molecule has 0 spiro atoms. The zero-order valence-corrected chi connectivity index (χ0v) is 21.1. The van der Waals surface area contributed by atoms with Crippen molar-refractivity contribution in [2.24, 2.45) is 0 Å². The minimum Gasteiger partial charge on any atom is -0.456 e. The van der Waals surface area contributed by atoms with E-state index in [1.54, 1.807) is 30.3 Å². The molecule has 4 heterocycles. The smallest absolute Gasteiger partial charge is 0.296 e. The van der Waals surface area contributed by atoms with E-state index < -0.39 is 33.9 Å². The first-order valence-electron chi connectivity index (χ1n) is 11.5. The predicted octanol–water partition coefficient (Wildman–Crippen LogP) is 4.03. The van der Waals surface area contributed by atoms with E-state index in [1.807, 2.05) is 0 Å². The van der Waals surface area contributed by atoms with Crippen molar-refractivity contribution in [1.29, 1.82) is 4.78 Å². The van der Waals surface area contributed by atoms with Crippen LogP contribution in [0.4, 0.5) is 4.39 Å². The van der Waals surface area contributed by atoms with Gasteiger partial charge in [0.25, 0.3) is 6.01 Å². The van der Waals surface area contributed by atoms with E-state index in [2.05, 4.69) is 15.0 Å². The van der Waals surface area contributed by atoms with Crippen LogP contribution in [0.3, 0.4) is 0 Å². The predicted molar refractivity (Wildman–Crippen MR) is 135 cm³/mol. The molecule has 37 heavy (non-hydrogen) atoms. The number of aliphatic hydroxyl groups excluding tert-OH is 1. The number of hydrogen-bond donors (Lipinski definition) is 3.